The van der Waals surface area contributed by atoms with Crippen LogP contribution in [0, 0.1) is 29.6 Å². The predicted octanol–water partition coefficient (Wildman–Crippen LogP) is 5.84. The van der Waals surface area contributed by atoms with Crippen LogP contribution in [0.5, 0.6) is 0 Å². The fraction of sp³-hybridized carbons (Fsp3) is 0.0476. The van der Waals surface area contributed by atoms with Gasteiger partial charge in [0, 0.05) is 10.6 Å². The van der Waals surface area contributed by atoms with Crippen LogP contribution in [0.3, 0.4) is 0 Å². The van der Waals surface area contributed by atoms with E-state index < -0.39 is 0 Å². The molecule has 0 radical (unpaired) electrons. The number of hydrogen-bond donors (Lipinski definition) is 0. The Labute approximate surface area is 151 Å². The minimum atomic E-state index is 0.430. The number of nitrogens with zero attached hydrogens (tertiary/aromatic N) is 2. The fourth-order valence-corrected chi connectivity index (χ4v) is 2.59. The molecule has 4 heteroatoms. The highest BCUT2D eigenvalue weighted by Crippen LogP contribution is 2.28. The molecule has 3 aromatic rings. The van der Waals surface area contributed by atoms with E-state index >= 15 is 0 Å². The zero-order chi connectivity index (χ0) is 17.8. The maximum absolute atomic E-state index is 9.43. The van der Waals surface area contributed by atoms with Crippen molar-refractivity contribution >= 4 is 23.3 Å². The second kappa shape index (κ2) is 7.09. The molecular formula is C21H13ClN2O. The van der Waals surface area contributed by atoms with Gasteiger partial charge in [0.25, 0.3) is 0 Å². The molecule has 0 spiro atoms. The Bertz CT molecular complexity index is 1050. The summed E-state index contributed by atoms with van der Waals surface area (Å²) in [6.07, 6.45) is 1.66. The molecule has 0 atom stereocenters. The smallest absolute Gasteiger partial charge is 0.134 e. The van der Waals surface area contributed by atoms with Crippen molar-refractivity contribution < 1.29 is 4.42 Å². The molecule has 0 saturated heterocycles. The molecule has 0 unspecified atom stereocenters. The van der Waals surface area contributed by atoms with Crippen LogP contribution in [0.15, 0.2) is 59.0 Å². The average molecular weight is 345 g/mol. The van der Waals surface area contributed by atoms with E-state index in [1.54, 1.807) is 36.4 Å². The van der Waals surface area contributed by atoms with Gasteiger partial charge in [-0.2, -0.15) is 10.5 Å². The van der Waals surface area contributed by atoms with E-state index in [0.717, 1.165) is 11.1 Å². The summed E-state index contributed by atoms with van der Waals surface area (Å²) in [6, 6.07) is 20.5. The summed E-state index contributed by atoms with van der Waals surface area (Å²) in [5, 5.41) is 19.1. The first-order valence-electron chi connectivity index (χ1n) is 7.59. The number of furan rings is 1. The Morgan fingerprint density at radius 1 is 1.08 bits per heavy atom. The number of aryl methyl sites for hydroxylation is 1. The normalized spacial score (nSPS) is 11.0. The summed E-state index contributed by atoms with van der Waals surface area (Å²) >= 11 is 6.16. The molecule has 0 amide bonds. The molecule has 0 aliphatic carbocycles. The minimum Gasteiger partial charge on any atom is -0.457 e. The van der Waals surface area contributed by atoms with Gasteiger partial charge in [0.15, 0.2) is 0 Å². The van der Waals surface area contributed by atoms with Gasteiger partial charge in [0.05, 0.1) is 23.3 Å². The number of halogens is 1. The zero-order valence-electron chi connectivity index (χ0n) is 13.5. The molecule has 25 heavy (non-hydrogen) atoms. The molecular weight excluding hydrogens is 332 g/mol. The van der Waals surface area contributed by atoms with Gasteiger partial charge in [0.2, 0.25) is 0 Å². The molecule has 0 bridgehead atoms. The van der Waals surface area contributed by atoms with E-state index in [9.17, 15) is 5.26 Å². The van der Waals surface area contributed by atoms with Crippen molar-refractivity contribution in [1.82, 2.24) is 0 Å². The molecule has 1 heterocycles. The van der Waals surface area contributed by atoms with E-state index in [1.807, 2.05) is 31.2 Å². The SMILES string of the molecule is Cc1ccc(-c2ccc(/C=C(/C#N)c3cccc(C#N)c3)o2)cc1Cl. The predicted molar refractivity (Wildman–Crippen MR) is 98.5 cm³/mol. The Kier molecular flexibility index (Phi) is 4.70. The van der Waals surface area contributed by atoms with Gasteiger partial charge in [0.1, 0.15) is 11.5 Å². The maximum atomic E-state index is 9.43. The Morgan fingerprint density at radius 2 is 1.92 bits per heavy atom. The van der Waals surface area contributed by atoms with E-state index in [-0.39, 0.29) is 0 Å². The van der Waals surface area contributed by atoms with Crippen molar-refractivity contribution in [3.8, 4) is 23.5 Å². The standard InChI is InChI=1S/C21H13ClN2O/c1-14-5-6-17(11-20(14)22)21-8-7-19(25-21)10-18(13-24)16-4-2-3-15(9-16)12-23/h2-11H,1H3/b18-10-. The van der Waals surface area contributed by atoms with Crippen LogP contribution in [0.1, 0.15) is 22.5 Å². The number of allylic oxidation sites excluding steroid dienone is 1. The van der Waals surface area contributed by atoms with Crippen LogP contribution < -0.4 is 0 Å². The zero-order valence-corrected chi connectivity index (χ0v) is 14.2. The number of rotatable bonds is 3. The Balaban J connectivity index is 1.95. The number of hydrogen-bond acceptors (Lipinski definition) is 3. The third-order valence-corrected chi connectivity index (χ3v) is 4.20. The van der Waals surface area contributed by atoms with Crippen LogP contribution in [-0.2, 0) is 0 Å². The molecule has 3 nitrogen and oxygen atoms in total. The summed E-state index contributed by atoms with van der Waals surface area (Å²) in [5.41, 5.74) is 3.49. The van der Waals surface area contributed by atoms with Gasteiger partial charge in [-0.3, -0.25) is 0 Å². The van der Waals surface area contributed by atoms with Crippen LogP contribution in [-0.4, -0.2) is 0 Å². The van der Waals surface area contributed by atoms with Crippen molar-refractivity contribution in [2.24, 2.45) is 0 Å². The van der Waals surface area contributed by atoms with Gasteiger partial charge in [-0.1, -0.05) is 35.9 Å². The molecule has 0 saturated carbocycles. The highest BCUT2D eigenvalue weighted by molar-refractivity contribution is 6.31. The molecule has 1 aromatic heterocycles. The lowest BCUT2D eigenvalue weighted by Gasteiger charge is -2.01. The molecule has 120 valence electrons. The van der Waals surface area contributed by atoms with Gasteiger partial charge in [-0.15, -0.1) is 0 Å². The van der Waals surface area contributed by atoms with Crippen molar-refractivity contribution in [2.45, 2.75) is 6.92 Å². The number of nitriles is 2. The third kappa shape index (κ3) is 3.63. The van der Waals surface area contributed by atoms with E-state index in [4.69, 9.17) is 21.3 Å². The molecule has 0 aliphatic heterocycles. The van der Waals surface area contributed by atoms with Crippen LogP contribution in [0.4, 0.5) is 0 Å². The molecule has 0 N–H and O–H groups in total. The van der Waals surface area contributed by atoms with Crippen molar-refractivity contribution in [1.29, 1.82) is 10.5 Å². The van der Waals surface area contributed by atoms with Crippen LogP contribution in [0.2, 0.25) is 5.02 Å². The van der Waals surface area contributed by atoms with Gasteiger partial charge >= 0.3 is 0 Å². The topological polar surface area (TPSA) is 60.7 Å². The molecule has 2 aromatic carbocycles. The van der Waals surface area contributed by atoms with Crippen LogP contribution >= 0.6 is 11.6 Å². The van der Waals surface area contributed by atoms with Crippen molar-refractivity contribution in [2.75, 3.05) is 0 Å². The first kappa shape index (κ1) is 16.6. The lowest BCUT2D eigenvalue weighted by atomic mass is 10.0. The summed E-state index contributed by atoms with van der Waals surface area (Å²) < 4.78 is 5.82. The first-order valence-corrected chi connectivity index (χ1v) is 7.97. The summed E-state index contributed by atoms with van der Waals surface area (Å²) in [7, 11) is 0. The second-order valence-corrected chi connectivity index (χ2v) is 5.94. The minimum absolute atomic E-state index is 0.430. The lowest BCUT2D eigenvalue weighted by molar-refractivity contribution is 0.572. The average Bonchev–Trinajstić information content (AvgIpc) is 3.10. The third-order valence-electron chi connectivity index (χ3n) is 3.79. The maximum Gasteiger partial charge on any atom is 0.134 e. The van der Waals surface area contributed by atoms with Gasteiger partial charge in [-0.05, 0) is 54.5 Å². The lowest BCUT2D eigenvalue weighted by Crippen LogP contribution is -1.83. The van der Waals surface area contributed by atoms with E-state index in [1.165, 1.54) is 0 Å². The molecule has 0 aliphatic rings. The molecule has 0 fully saturated rings. The summed E-state index contributed by atoms with van der Waals surface area (Å²) in [4.78, 5) is 0. The van der Waals surface area contributed by atoms with Crippen LogP contribution in [0.25, 0.3) is 23.0 Å². The first-order chi connectivity index (χ1) is 12.1. The van der Waals surface area contributed by atoms with E-state index in [2.05, 4.69) is 12.1 Å². The quantitative estimate of drug-likeness (QED) is 0.560. The van der Waals surface area contributed by atoms with Crippen molar-refractivity contribution in [3.05, 3.63) is 82.1 Å². The highest BCUT2D eigenvalue weighted by atomic mass is 35.5. The molecule has 3 rings (SSSR count). The van der Waals surface area contributed by atoms with Gasteiger partial charge < -0.3 is 4.42 Å². The second-order valence-electron chi connectivity index (χ2n) is 5.53. The summed E-state index contributed by atoms with van der Waals surface area (Å²) in [6.45, 7) is 1.94. The van der Waals surface area contributed by atoms with E-state index in [0.29, 0.717) is 33.2 Å². The fourth-order valence-electron chi connectivity index (χ4n) is 2.41. The Morgan fingerprint density at radius 3 is 2.64 bits per heavy atom. The monoisotopic (exact) mass is 344 g/mol. The largest absolute Gasteiger partial charge is 0.457 e. The van der Waals surface area contributed by atoms with Gasteiger partial charge in [-0.25, -0.2) is 0 Å². The summed E-state index contributed by atoms with van der Waals surface area (Å²) in [5.74, 6) is 1.24. The van der Waals surface area contributed by atoms with Crippen molar-refractivity contribution in [3.63, 3.8) is 0 Å². The Hall–Kier alpha value is -3.27. The highest BCUT2D eigenvalue weighted by Gasteiger charge is 2.08. The number of benzene rings is 2.